The molecule has 0 aliphatic carbocycles. The number of piperazine rings is 1. The number of rotatable bonds is 8. The molecule has 2 N–H and O–H groups in total. The fourth-order valence-electron chi connectivity index (χ4n) is 4.33. The minimum absolute atomic E-state index is 0.0000323. The van der Waals surface area contributed by atoms with Gasteiger partial charge in [0.05, 0.1) is 19.1 Å². The number of amides is 2. The third-order valence-electron chi connectivity index (χ3n) is 6.26. The molecule has 178 valence electrons. The first-order valence-electron chi connectivity index (χ1n) is 11.7. The second kappa shape index (κ2) is 11.4. The number of hydrogen-bond donors (Lipinski definition) is 2. The molecule has 0 spiro atoms. The van der Waals surface area contributed by atoms with Crippen molar-refractivity contribution in [2.75, 3.05) is 44.6 Å². The standard InChI is InChI=1S/C27H32N4O2S/c1-20-8-6-9-21(2)26(20)29-24(32)19-30-13-15-31(16-14-30)25(33)18-28-27(23-12-7-17-34-23)22-10-4-3-5-11-22/h3-12,17,27-28H,13-16,18-19H2,1-2H3,(H,29,32)/t27-/m0/s1. The molecule has 1 fully saturated rings. The molecule has 0 radical (unpaired) electrons. The number of anilines is 1. The van der Waals surface area contributed by atoms with Crippen molar-refractivity contribution in [3.8, 4) is 0 Å². The van der Waals surface area contributed by atoms with Crippen LogP contribution in [0, 0.1) is 13.8 Å². The normalized spacial score (nSPS) is 15.2. The van der Waals surface area contributed by atoms with Crippen LogP contribution >= 0.6 is 11.3 Å². The van der Waals surface area contributed by atoms with Crippen molar-refractivity contribution >= 4 is 28.8 Å². The summed E-state index contributed by atoms with van der Waals surface area (Å²) in [6.07, 6.45) is 0. The van der Waals surface area contributed by atoms with Gasteiger partial charge in [0.1, 0.15) is 0 Å². The molecule has 0 saturated carbocycles. The Morgan fingerprint density at radius 1 is 0.912 bits per heavy atom. The van der Waals surface area contributed by atoms with Gasteiger partial charge in [-0.3, -0.25) is 19.8 Å². The van der Waals surface area contributed by atoms with E-state index < -0.39 is 0 Å². The van der Waals surface area contributed by atoms with Crippen molar-refractivity contribution in [2.24, 2.45) is 0 Å². The lowest BCUT2D eigenvalue weighted by atomic mass is 10.1. The Labute approximate surface area is 205 Å². The summed E-state index contributed by atoms with van der Waals surface area (Å²) in [6.45, 7) is 7.27. The topological polar surface area (TPSA) is 64.7 Å². The summed E-state index contributed by atoms with van der Waals surface area (Å²) < 4.78 is 0. The van der Waals surface area contributed by atoms with Crippen LogP contribution in [0.25, 0.3) is 0 Å². The van der Waals surface area contributed by atoms with Crippen molar-refractivity contribution in [3.05, 3.63) is 87.6 Å². The number of nitrogens with one attached hydrogen (secondary N) is 2. The molecule has 1 saturated heterocycles. The maximum absolute atomic E-state index is 12.9. The van der Waals surface area contributed by atoms with Gasteiger partial charge in [0.2, 0.25) is 11.8 Å². The van der Waals surface area contributed by atoms with Crippen LogP contribution in [0.1, 0.15) is 27.6 Å². The van der Waals surface area contributed by atoms with E-state index in [1.807, 2.05) is 61.2 Å². The molecule has 1 aliphatic heterocycles. The highest BCUT2D eigenvalue weighted by molar-refractivity contribution is 7.10. The van der Waals surface area contributed by atoms with Crippen LogP contribution < -0.4 is 10.6 Å². The van der Waals surface area contributed by atoms with Gasteiger partial charge < -0.3 is 10.2 Å². The molecule has 6 nitrogen and oxygen atoms in total. The summed E-state index contributed by atoms with van der Waals surface area (Å²) >= 11 is 1.69. The first kappa shape index (κ1) is 24.1. The van der Waals surface area contributed by atoms with E-state index in [1.54, 1.807) is 11.3 Å². The molecule has 1 atom stereocenters. The predicted octanol–water partition coefficient (Wildman–Crippen LogP) is 3.83. The number of hydrogen-bond acceptors (Lipinski definition) is 5. The maximum Gasteiger partial charge on any atom is 0.238 e. The highest BCUT2D eigenvalue weighted by Crippen LogP contribution is 2.25. The van der Waals surface area contributed by atoms with Crippen LogP contribution in [0.4, 0.5) is 5.69 Å². The summed E-state index contributed by atoms with van der Waals surface area (Å²) in [6, 6.07) is 20.4. The average molecular weight is 477 g/mol. The van der Waals surface area contributed by atoms with Crippen LogP contribution in [0.2, 0.25) is 0 Å². The summed E-state index contributed by atoms with van der Waals surface area (Å²) in [5, 5.41) is 8.57. The Morgan fingerprint density at radius 2 is 1.62 bits per heavy atom. The maximum atomic E-state index is 12.9. The smallest absolute Gasteiger partial charge is 0.238 e. The largest absolute Gasteiger partial charge is 0.339 e. The second-order valence-corrected chi connectivity index (χ2v) is 9.69. The van der Waals surface area contributed by atoms with Gasteiger partial charge in [-0.25, -0.2) is 0 Å². The summed E-state index contributed by atoms with van der Waals surface area (Å²) in [5.41, 5.74) is 4.17. The second-order valence-electron chi connectivity index (χ2n) is 8.71. The fraction of sp³-hybridized carbons (Fsp3) is 0.333. The number of thiophene rings is 1. The zero-order valence-corrected chi connectivity index (χ0v) is 20.6. The van der Waals surface area contributed by atoms with Crippen LogP contribution in [0.3, 0.4) is 0 Å². The van der Waals surface area contributed by atoms with Gasteiger partial charge in [0, 0.05) is 36.7 Å². The van der Waals surface area contributed by atoms with Gasteiger partial charge in [0.25, 0.3) is 0 Å². The molecule has 2 heterocycles. The summed E-state index contributed by atoms with van der Waals surface area (Å²) in [4.78, 5) is 30.7. The highest BCUT2D eigenvalue weighted by atomic mass is 32.1. The van der Waals surface area contributed by atoms with E-state index in [1.165, 1.54) is 4.88 Å². The lowest BCUT2D eigenvalue weighted by molar-refractivity contribution is -0.132. The number of nitrogens with zero attached hydrogens (tertiary/aromatic N) is 2. The molecule has 34 heavy (non-hydrogen) atoms. The summed E-state index contributed by atoms with van der Waals surface area (Å²) in [5.74, 6) is 0.0811. The molecular weight excluding hydrogens is 444 g/mol. The van der Waals surface area contributed by atoms with Crippen molar-refractivity contribution in [1.82, 2.24) is 15.1 Å². The number of benzene rings is 2. The van der Waals surface area contributed by atoms with Gasteiger partial charge in [-0.15, -0.1) is 11.3 Å². The third-order valence-corrected chi connectivity index (χ3v) is 7.19. The van der Waals surface area contributed by atoms with E-state index >= 15 is 0 Å². The lowest BCUT2D eigenvalue weighted by Crippen LogP contribution is -2.52. The van der Waals surface area contributed by atoms with Crippen molar-refractivity contribution < 1.29 is 9.59 Å². The summed E-state index contributed by atoms with van der Waals surface area (Å²) in [7, 11) is 0. The van der Waals surface area contributed by atoms with Crippen LogP contribution in [0.5, 0.6) is 0 Å². The SMILES string of the molecule is Cc1cccc(C)c1NC(=O)CN1CCN(C(=O)CN[C@@H](c2ccccc2)c2cccs2)CC1. The quantitative estimate of drug-likeness (QED) is 0.519. The molecule has 0 bridgehead atoms. The number of carbonyl (C=O) groups is 2. The first-order chi connectivity index (χ1) is 16.5. The highest BCUT2D eigenvalue weighted by Gasteiger charge is 2.24. The lowest BCUT2D eigenvalue weighted by Gasteiger charge is -2.34. The first-order valence-corrected chi connectivity index (χ1v) is 12.6. The van der Waals surface area contributed by atoms with Crippen LogP contribution in [0.15, 0.2) is 66.0 Å². The van der Waals surface area contributed by atoms with Crippen LogP contribution in [-0.2, 0) is 9.59 Å². The Balaban J connectivity index is 1.26. The zero-order valence-electron chi connectivity index (χ0n) is 19.8. The van der Waals surface area contributed by atoms with Gasteiger partial charge in [-0.2, -0.15) is 0 Å². The Bertz CT molecular complexity index is 1070. The molecular formula is C27H32N4O2S. The van der Waals surface area contributed by atoms with Crippen molar-refractivity contribution in [2.45, 2.75) is 19.9 Å². The number of carbonyl (C=O) groups excluding carboxylic acids is 2. The van der Waals surface area contributed by atoms with Crippen molar-refractivity contribution in [3.63, 3.8) is 0 Å². The van der Waals surface area contributed by atoms with E-state index in [2.05, 4.69) is 39.1 Å². The monoisotopic (exact) mass is 476 g/mol. The number of aryl methyl sites for hydroxylation is 2. The predicted molar refractivity (Wildman–Crippen MR) is 138 cm³/mol. The Morgan fingerprint density at radius 3 is 2.26 bits per heavy atom. The van der Waals surface area contributed by atoms with Gasteiger partial charge in [0.15, 0.2) is 0 Å². The van der Waals surface area contributed by atoms with Gasteiger partial charge in [-0.05, 0) is 42.0 Å². The van der Waals surface area contributed by atoms with E-state index in [0.717, 1.165) is 22.4 Å². The van der Waals surface area contributed by atoms with E-state index in [4.69, 9.17) is 0 Å². The van der Waals surface area contributed by atoms with Crippen molar-refractivity contribution in [1.29, 1.82) is 0 Å². The molecule has 0 unspecified atom stereocenters. The fourth-order valence-corrected chi connectivity index (χ4v) is 5.16. The van der Waals surface area contributed by atoms with Gasteiger partial charge in [-0.1, -0.05) is 54.6 Å². The zero-order chi connectivity index (χ0) is 23.9. The average Bonchev–Trinajstić information content (AvgIpc) is 3.37. The number of para-hydroxylation sites is 1. The molecule has 2 amide bonds. The van der Waals surface area contributed by atoms with Gasteiger partial charge >= 0.3 is 0 Å². The molecule has 4 rings (SSSR count). The van der Waals surface area contributed by atoms with E-state index in [9.17, 15) is 9.59 Å². The molecule has 1 aromatic heterocycles. The minimum Gasteiger partial charge on any atom is -0.339 e. The molecule has 2 aromatic carbocycles. The van der Waals surface area contributed by atoms with Crippen LogP contribution in [-0.4, -0.2) is 60.9 Å². The molecule has 3 aromatic rings. The van der Waals surface area contributed by atoms with E-state index in [-0.39, 0.29) is 24.4 Å². The molecule has 1 aliphatic rings. The Hall–Kier alpha value is -3.00. The van der Waals surface area contributed by atoms with E-state index in [0.29, 0.717) is 32.7 Å². The minimum atomic E-state index is -0.0134. The molecule has 7 heteroatoms. The Kier molecular flexibility index (Phi) is 8.11. The third kappa shape index (κ3) is 6.11.